The maximum absolute atomic E-state index is 10.0. The summed E-state index contributed by atoms with van der Waals surface area (Å²) >= 11 is 0. The van der Waals surface area contributed by atoms with Crippen molar-refractivity contribution in [2.75, 3.05) is 32.7 Å². The first kappa shape index (κ1) is 13.4. The van der Waals surface area contributed by atoms with Crippen molar-refractivity contribution in [3.8, 4) is 5.75 Å². The summed E-state index contributed by atoms with van der Waals surface area (Å²) in [6, 6.07) is 6.13. The molecule has 1 heterocycles. The van der Waals surface area contributed by atoms with E-state index < -0.39 is 0 Å². The quantitative estimate of drug-likeness (QED) is 0.855. The summed E-state index contributed by atoms with van der Waals surface area (Å²) in [6.45, 7) is 9.73. The highest BCUT2D eigenvalue weighted by Gasteiger charge is 2.11. The molecule has 1 fully saturated rings. The number of rotatable bonds is 4. The number of phenolic OH excluding ortho intramolecular Hbond substituents is 1. The molecule has 0 radical (unpaired) electrons. The Labute approximate surface area is 110 Å². The van der Waals surface area contributed by atoms with Crippen LogP contribution in [-0.4, -0.2) is 42.7 Å². The van der Waals surface area contributed by atoms with Crippen LogP contribution in [0.4, 0.5) is 0 Å². The zero-order valence-corrected chi connectivity index (χ0v) is 11.4. The van der Waals surface area contributed by atoms with E-state index in [4.69, 9.17) is 0 Å². The molecule has 0 aromatic heterocycles. The number of aromatic hydroxyl groups is 1. The summed E-state index contributed by atoms with van der Waals surface area (Å²) in [6.07, 6.45) is 0.935. The smallest absolute Gasteiger partial charge is 0.119 e. The Morgan fingerprint density at radius 3 is 2.61 bits per heavy atom. The van der Waals surface area contributed by atoms with Gasteiger partial charge in [0.1, 0.15) is 5.75 Å². The molecule has 2 rings (SSSR count). The Balaban J connectivity index is 1.92. The number of hydrogen-bond acceptors (Lipinski definition) is 3. The summed E-state index contributed by atoms with van der Waals surface area (Å²) in [5, 5.41) is 13.4. The first-order valence-electron chi connectivity index (χ1n) is 6.91. The maximum atomic E-state index is 10.0. The van der Waals surface area contributed by atoms with E-state index in [-0.39, 0.29) is 0 Å². The molecular weight excluding hydrogens is 224 g/mol. The van der Waals surface area contributed by atoms with E-state index in [2.05, 4.69) is 36.2 Å². The van der Waals surface area contributed by atoms with Crippen LogP contribution in [0.3, 0.4) is 0 Å². The SMILES string of the molecule is CC(C)c1ccc(CCN2CCNCC2)c(O)c1. The second-order valence-corrected chi connectivity index (χ2v) is 5.38. The van der Waals surface area contributed by atoms with Crippen LogP contribution in [0, 0.1) is 0 Å². The molecule has 0 spiro atoms. The average molecular weight is 248 g/mol. The highest BCUT2D eigenvalue weighted by atomic mass is 16.3. The third-order valence-corrected chi connectivity index (χ3v) is 3.68. The minimum Gasteiger partial charge on any atom is -0.508 e. The van der Waals surface area contributed by atoms with E-state index in [0.717, 1.165) is 44.7 Å². The van der Waals surface area contributed by atoms with Crippen molar-refractivity contribution in [2.24, 2.45) is 0 Å². The lowest BCUT2D eigenvalue weighted by Crippen LogP contribution is -2.44. The summed E-state index contributed by atoms with van der Waals surface area (Å²) in [4.78, 5) is 2.45. The third-order valence-electron chi connectivity index (χ3n) is 3.68. The molecule has 0 aliphatic carbocycles. The Kier molecular flexibility index (Phi) is 4.61. The van der Waals surface area contributed by atoms with Crippen LogP contribution in [0.25, 0.3) is 0 Å². The number of nitrogens with zero attached hydrogens (tertiary/aromatic N) is 1. The van der Waals surface area contributed by atoms with Gasteiger partial charge in [-0.2, -0.15) is 0 Å². The highest BCUT2D eigenvalue weighted by molar-refractivity contribution is 5.37. The zero-order valence-electron chi connectivity index (χ0n) is 11.4. The normalized spacial score (nSPS) is 17.3. The lowest BCUT2D eigenvalue weighted by atomic mass is 10.00. The molecule has 18 heavy (non-hydrogen) atoms. The molecule has 2 N–H and O–H groups in total. The number of nitrogens with one attached hydrogen (secondary N) is 1. The molecule has 1 aromatic rings. The second kappa shape index (κ2) is 6.21. The van der Waals surface area contributed by atoms with Gasteiger partial charge >= 0.3 is 0 Å². The lowest BCUT2D eigenvalue weighted by molar-refractivity contribution is 0.243. The van der Waals surface area contributed by atoms with Gasteiger partial charge < -0.3 is 15.3 Å². The molecule has 1 aromatic carbocycles. The fourth-order valence-electron chi connectivity index (χ4n) is 2.36. The minimum absolute atomic E-state index is 0.455. The van der Waals surface area contributed by atoms with Crippen LogP contribution in [0.15, 0.2) is 18.2 Å². The van der Waals surface area contributed by atoms with Crippen LogP contribution in [0.2, 0.25) is 0 Å². The molecule has 0 saturated carbocycles. The number of hydrogen-bond donors (Lipinski definition) is 2. The molecule has 0 bridgehead atoms. The van der Waals surface area contributed by atoms with Gasteiger partial charge in [0.05, 0.1) is 0 Å². The van der Waals surface area contributed by atoms with Crippen LogP contribution < -0.4 is 5.32 Å². The average Bonchev–Trinajstić information content (AvgIpc) is 2.38. The Morgan fingerprint density at radius 2 is 2.00 bits per heavy atom. The van der Waals surface area contributed by atoms with Gasteiger partial charge in [0, 0.05) is 32.7 Å². The second-order valence-electron chi connectivity index (χ2n) is 5.38. The van der Waals surface area contributed by atoms with E-state index in [1.807, 2.05) is 6.07 Å². The molecule has 0 atom stereocenters. The topological polar surface area (TPSA) is 35.5 Å². The summed E-state index contributed by atoms with van der Waals surface area (Å²) < 4.78 is 0. The van der Waals surface area contributed by atoms with Gasteiger partial charge in [0.15, 0.2) is 0 Å². The van der Waals surface area contributed by atoms with Crippen LogP contribution >= 0.6 is 0 Å². The molecule has 1 aliphatic heterocycles. The van der Waals surface area contributed by atoms with Crippen LogP contribution in [0.5, 0.6) is 5.75 Å². The van der Waals surface area contributed by atoms with Gasteiger partial charge in [-0.3, -0.25) is 0 Å². The standard InChI is InChI=1S/C15H24N2O/c1-12(2)14-4-3-13(15(18)11-14)5-8-17-9-6-16-7-10-17/h3-4,11-12,16,18H,5-10H2,1-2H3. The van der Waals surface area contributed by atoms with Gasteiger partial charge in [0.2, 0.25) is 0 Å². The molecule has 100 valence electrons. The third kappa shape index (κ3) is 3.47. The van der Waals surface area contributed by atoms with Gasteiger partial charge in [0.25, 0.3) is 0 Å². The van der Waals surface area contributed by atoms with Crippen molar-refractivity contribution in [3.05, 3.63) is 29.3 Å². The summed E-state index contributed by atoms with van der Waals surface area (Å²) in [7, 11) is 0. The molecule has 0 amide bonds. The van der Waals surface area contributed by atoms with Gasteiger partial charge in [-0.15, -0.1) is 0 Å². The molecule has 3 heteroatoms. The van der Waals surface area contributed by atoms with Crippen molar-refractivity contribution in [2.45, 2.75) is 26.2 Å². The molecule has 1 saturated heterocycles. The Hall–Kier alpha value is -1.06. The summed E-state index contributed by atoms with van der Waals surface area (Å²) in [5.74, 6) is 0.925. The molecule has 1 aliphatic rings. The molecule has 3 nitrogen and oxygen atoms in total. The summed E-state index contributed by atoms with van der Waals surface area (Å²) in [5.41, 5.74) is 2.27. The van der Waals surface area contributed by atoms with Crippen molar-refractivity contribution < 1.29 is 5.11 Å². The van der Waals surface area contributed by atoms with E-state index in [9.17, 15) is 5.11 Å². The fraction of sp³-hybridized carbons (Fsp3) is 0.600. The number of phenols is 1. The zero-order chi connectivity index (χ0) is 13.0. The number of benzene rings is 1. The van der Waals surface area contributed by atoms with E-state index in [1.54, 1.807) is 0 Å². The number of piperazine rings is 1. The van der Waals surface area contributed by atoms with Crippen molar-refractivity contribution in [1.29, 1.82) is 0 Å². The lowest BCUT2D eigenvalue weighted by Gasteiger charge is -2.27. The fourth-order valence-corrected chi connectivity index (χ4v) is 2.36. The predicted molar refractivity (Wildman–Crippen MR) is 75.2 cm³/mol. The minimum atomic E-state index is 0.455. The Bertz CT molecular complexity index is 384. The van der Waals surface area contributed by atoms with Gasteiger partial charge in [-0.1, -0.05) is 26.0 Å². The van der Waals surface area contributed by atoms with Crippen LogP contribution in [0.1, 0.15) is 30.9 Å². The van der Waals surface area contributed by atoms with Gasteiger partial charge in [-0.25, -0.2) is 0 Å². The molecule has 0 unspecified atom stereocenters. The predicted octanol–water partition coefficient (Wildman–Crippen LogP) is 1.96. The van der Waals surface area contributed by atoms with E-state index in [0.29, 0.717) is 11.7 Å². The van der Waals surface area contributed by atoms with E-state index in [1.165, 1.54) is 5.56 Å². The first-order valence-corrected chi connectivity index (χ1v) is 6.91. The maximum Gasteiger partial charge on any atom is 0.119 e. The van der Waals surface area contributed by atoms with Crippen molar-refractivity contribution >= 4 is 0 Å². The van der Waals surface area contributed by atoms with Crippen molar-refractivity contribution in [1.82, 2.24) is 10.2 Å². The van der Waals surface area contributed by atoms with E-state index >= 15 is 0 Å². The first-order chi connectivity index (χ1) is 8.66. The van der Waals surface area contributed by atoms with Gasteiger partial charge in [-0.05, 0) is 29.5 Å². The highest BCUT2D eigenvalue weighted by Crippen LogP contribution is 2.24. The monoisotopic (exact) mass is 248 g/mol. The largest absolute Gasteiger partial charge is 0.508 e. The molecular formula is C15H24N2O. The van der Waals surface area contributed by atoms with Crippen LogP contribution in [-0.2, 0) is 6.42 Å². The Morgan fingerprint density at radius 1 is 1.28 bits per heavy atom. The van der Waals surface area contributed by atoms with Crippen molar-refractivity contribution in [3.63, 3.8) is 0 Å².